The van der Waals surface area contributed by atoms with Gasteiger partial charge in [-0.2, -0.15) is 4.39 Å². The van der Waals surface area contributed by atoms with Crippen LogP contribution in [0.1, 0.15) is 11.1 Å². The topological polar surface area (TPSA) is 68.3 Å². The minimum absolute atomic E-state index is 0.0539. The summed E-state index contributed by atoms with van der Waals surface area (Å²) in [5, 5.41) is 19.4. The van der Waals surface area contributed by atoms with E-state index in [4.69, 9.17) is 5.11 Å². The minimum atomic E-state index is -0.841. The summed E-state index contributed by atoms with van der Waals surface area (Å²) in [5.74, 6) is -0.841. The first-order valence-electron chi connectivity index (χ1n) is 5.28. The van der Waals surface area contributed by atoms with Gasteiger partial charge in [-0.3, -0.25) is 10.1 Å². The minimum Gasteiger partial charge on any atom is -0.392 e. The molecule has 0 fully saturated rings. The molecule has 2 rings (SSSR count). The van der Waals surface area contributed by atoms with Crippen LogP contribution in [0.3, 0.4) is 0 Å². The van der Waals surface area contributed by atoms with Gasteiger partial charge in [0.1, 0.15) is 0 Å². The number of hydrogen-bond donors (Lipinski definition) is 1. The molecule has 0 unspecified atom stereocenters. The fourth-order valence-electron chi connectivity index (χ4n) is 1.69. The molecule has 18 heavy (non-hydrogen) atoms. The lowest BCUT2D eigenvalue weighted by Gasteiger charge is -2.03. The number of aromatic nitrogens is 1. The fourth-order valence-corrected chi connectivity index (χ4v) is 1.69. The van der Waals surface area contributed by atoms with Crippen LogP contribution in [0.15, 0.2) is 36.7 Å². The summed E-state index contributed by atoms with van der Waals surface area (Å²) in [4.78, 5) is 9.71. The van der Waals surface area contributed by atoms with Crippen molar-refractivity contribution in [3.63, 3.8) is 0 Å². The molecule has 2 aromatic rings. The van der Waals surface area contributed by atoms with Crippen molar-refractivity contribution >= 4 is 5.69 Å². The Morgan fingerprint density at radius 2 is 2.11 bits per heavy atom. The first-order valence-corrected chi connectivity index (χ1v) is 5.28. The van der Waals surface area contributed by atoms with Crippen LogP contribution in [0.4, 0.5) is 10.1 Å². The zero-order valence-corrected chi connectivity index (χ0v) is 9.41. The first-order chi connectivity index (χ1) is 8.60. The third-order valence-corrected chi connectivity index (χ3v) is 2.57. The number of nitro benzene ring substituents is 1. The Hall–Kier alpha value is -2.21. The van der Waals surface area contributed by atoms with Gasteiger partial charge in [-0.25, -0.2) is 0 Å². The van der Waals surface area contributed by atoms with E-state index in [2.05, 4.69) is 0 Å². The van der Waals surface area contributed by atoms with Gasteiger partial charge >= 0.3 is 5.69 Å². The summed E-state index contributed by atoms with van der Waals surface area (Å²) in [6, 6.07) is 5.57. The SMILES string of the molecule is O=[N+]([O-])c1ccc(Cn2ccc(CO)c2)cc1F. The lowest BCUT2D eigenvalue weighted by molar-refractivity contribution is -0.387. The fraction of sp³-hybridized carbons (Fsp3) is 0.167. The van der Waals surface area contributed by atoms with E-state index in [9.17, 15) is 14.5 Å². The van der Waals surface area contributed by atoms with E-state index in [0.29, 0.717) is 12.1 Å². The van der Waals surface area contributed by atoms with Gasteiger partial charge in [0.05, 0.1) is 11.5 Å². The number of aliphatic hydroxyl groups excluding tert-OH is 1. The molecule has 0 saturated carbocycles. The quantitative estimate of drug-likeness (QED) is 0.667. The van der Waals surface area contributed by atoms with E-state index in [0.717, 1.165) is 17.7 Å². The van der Waals surface area contributed by atoms with E-state index in [1.54, 1.807) is 23.0 Å². The number of rotatable bonds is 4. The summed E-state index contributed by atoms with van der Waals surface area (Å²) in [5.41, 5.74) is 0.859. The zero-order chi connectivity index (χ0) is 13.1. The van der Waals surface area contributed by atoms with Crippen LogP contribution < -0.4 is 0 Å². The van der Waals surface area contributed by atoms with Crippen molar-refractivity contribution in [3.05, 3.63) is 63.7 Å². The molecule has 0 aliphatic carbocycles. The van der Waals surface area contributed by atoms with Gasteiger partial charge < -0.3 is 9.67 Å². The second-order valence-electron chi connectivity index (χ2n) is 3.89. The lowest BCUT2D eigenvalue weighted by atomic mass is 10.2. The number of hydrogen-bond acceptors (Lipinski definition) is 3. The molecular weight excluding hydrogens is 239 g/mol. The largest absolute Gasteiger partial charge is 0.392 e. The van der Waals surface area contributed by atoms with Crippen molar-refractivity contribution in [1.82, 2.24) is 4.57 Å². The zero-order valence-electron chi connectivity index (χ0n) is 9.41. The maximum absolute atomic E-state index is 13.4. The Morgan fingerprint density at radius 3 is 2.67 bits per heavy atom. The average molecular weight is 250 g/mol. The number of aliphatic hydroxyl groups is 1. The Bertz CT molecular complexity index is 580. The van der Waals surface area contributed by atoms with Gasteiger partial charge in [0, 0.05) is 25.0 Å². The van der Waals surface area contributed by atoms with Crippen molar-refractivity contribution < 1.29 is 14.4 Å². The van der Waals surface area contributed by atoms with Crippen LogP contribution in [-0.4, -0.2) is 14.6 Å². The lowest BCUT2D eigenvalue weighted by Crippen LogP contribution is -1.99. The highest BCUT2D eigenvalue weighted by Crippen LogP contribution is 2.18. The van der Waals surface area contributed by atoms with Crippen molar-refractivity contribution in [2.45, 2.75) is 13.2 Å². The molecule has 1 heterocycles. The molecule has 1 aromatic heterocycles. The number of nitrogens with zero attached hydrogens (tertiary/aromatic N) is 2. The predicted molar refractivity (Wildman–Crippen MR) is 62.5 cm³/mol. The summed E-state index contributed by atoms with van der Waals surface area (Å²) < 4.78 is 15.2. The van der Waals surface area contributed by atoms with E-state index in [1.807, 2.05) is 0 Å². The highest BCUT2D eigenvalue weighted by Gasteiger charge is 2.13. The van der Waals surface area contributed by atoms with Crippen LogP contribution in [-0.2, 0) is 13.2 Å². The summed E-state index contributed by atoms with van der Waals surface area (Å²) >= 11 is 0. The third-order valence-electron chi connectivity index (χ3n) is 2.57. The summed E-state index contributed by atoms with van der Waals surface area (Å²) in [6.07, 6.45) is 3.49. The Labute approximate surface area is 102 Å². The Morgan fingerprint density at radius 1 is 1.33 bits per heavy atom. The van der Waals surface area contributed by atoms with Gasteiger partial charge in [0.15, 0.2) is 0 Å². The Kier molecular flexibility index (Phi) is 3.38. The molecule has 0 radical (unpaired) electrons. The average Bonchev–Trinajstić information content (AvgIpc) is 2.76. The van der Waals surface area contributed by atoms with Crippen LogP contribution in [0.25, 0.3) is 0 Å². The number of benzene rings is 1. The van der Waals surface area contributed by atoms with E-state index in [1.165, 1.54) is 6.07 Å². The van der Waals surface area contributed by atoms with Crippen molar-refractivity contribution in [3.8, 4) is 0 Å². The molecule has 0 amide bonds. The second-order valence-corrected chi connectivity index (χ2v) is 3.89. The molecular formula is C12H11FN2O3. The van der Waals surface area contributed by atoms with Gasteiger partial charge in [0.25, 0.3) is 0 Å². The molecule has 0 saturated heterocycles. The predicted octanol–water partition coefficient (Wildman–Crippen LogP) is 2.08. The molecule has 0 aliphatic rings. The second kappa shape index (κ2) is 4.97. The maximum Gasteiger partial charge on any atom is 0.304 e. The van der Waals surface area contributed by atoms with Crippen LogP contribution in [0, 0.1) is 15.9 Å². The first kappa shape index (κ1) is 12.3. The van der Waals surface area contributed by atoms with Crippen molar-refractivity contribution in [1.29, 1.82) is 0 Å². The molecule has 0 atom stereocenters. The maximum atomic E-state index is 13.4. The van der Waals surface area contributed by atoms with Crippen LogP contribution >= 0.6 is 0 Å². The summed E-state index contributed by atoms with van der Waals surface area (Å²) in [7, 11) is 0. The summed E-state index contributed by atoms with van der Waals surface area (Å²) in [6.45, 7) is 0.344. The molecule has 94 valence electrons. The third kappa shape index (κ3) is 2.54. The normalized spacial score (nSPS) is 10.6. The van der Waals surface area contributed by atoms with Crippen molar-refractivity contribution in [2.24, 2.45) is 0 Å². The molecule has 0 bridgehead atoms. The van der Waals surface area contributed by atoms with E-state index in [-0.39, 0.29) is 6.61 Å². The molecule has 6 heteroatoms. The Balaban J connectivity index is 2.19. The van der Waals surface area contributed by atoms with Crippen LogP contribution in [0.5, 0.6) is 0 Å². The molecule has 1 N–H and O–H groups in total. The smallest absolute Gasteiger partial charge is 0.304 e. The number of nitro groups is 1. The van der Waals surface area contributed by atoms with E-state index < -0.39 is 16.4 Å². The van der Waals surface area contributed by atoms with Gasteiger partial charge in [-0.1, -0.05) is 6.07 Å². The molecule has 1 aromatic carbocycles. The molecule has 0 spiro atoms. The van der Waals surface area contributed by atoms with Gasteiger partial charge in [-0.05, 0) is 23.3 Å². The van der Waals surface area contributed by atoms with Crippen molar-refractivity contribution in [2.75, 3.05) is 0 Å². The highest BCUT2D eigenvalue weighted by atomic mass is 19.1. The number of halogens is 1. The van der Waals surface area contributed by atoms with Gasteiger partial charge in [-0.15, -0.1) is 0 Å². The molecule has 5 nitrogen and oxygen atoms in total. The van der Waals surface area contributed by atoms with Gasteiger partial charge in [0.2, 0.25) is 5.82 Å². The van der Waals surface area contributed by atoms with Crippen LogP contribution in [0.2, 0.25) is 0 Å². The highest BCUT2D eigenvalue weighted by molar-refractivity contribution is 5.35. The monoisotopic (exact) mass is 250 g/mol. The molecule has 0 aliphatic heterocycles. The standard InChI is InChI=1S/C12H11FN2O3/c13-11-5-9(1-2-12(11)15(17)18)6-14-4-3-10(7-14)8-16/h1-5,7,16H,6,8H2. The van der Waals surface area contributed by atoms with E-state index >= 15 is 0 Å².